The fraction of sp³-hybridized carbons (Fsp3) is 0.200. The molecule has 2 aromatic rings. The summed E-state index contributed by atoms with van der Waals surface area (Å²) in [4.78, 5) is 0. The molecule has 0 aliphatic heterocycles. The smallest absolute Gasteiger partial charge is 0.143 e. The second kappa shape index (κ2) is 6.31. The largest absolute Gasteiger partial charge is 0.495 e. The molecule has 0 aliphatic rings. The van der Waals surface area contributed by atoms with Crippen LogP contribution in [0.2, 0.25) is 5.02 Å². The number of rotatable bonds is 4. The molecule has 0 spiro atoms. The van der Waals surface area contributed by atoms with E-state index in [1.54, 1.807) is 7.11 Å². The van der Waals surface area contributed by atoms with E-state index >= 15 is 0 Å². The van der Waals surface area contributed by atoms with Crippen molar-refractivity contribution in [2.24, 2.45) is 0 Å². The van der Waals surface area contributed by atoms with Gasteiger partial charge in [-0.3, -0.25) is 0 Å². The molecule has 0 aromatic heterocycles. The minimum absolute atomic E-state index is 0.711. The number of anilines is 1. The monoisotopic (exact) mass is 339 g/mol. The van der Waals surface area contributed by atoms with Crippen LogP contribution in [0.3, 0.4) is 0 Å². The Morgan fingerprint density at radius 3 is 2.68 bits per heavy atom. The van der Waals surface area contributed by atoms with Crippen molar-refractivity contribution in [3.8, 4) is 5.75 Å². The van der Waals surface area contributed by atoms with E-state index in [4.69, 9.17) is 16.3 Å². The Labute approximate surface area is 126 Å². The zero-order valence-electron chi connectivity index (χ0n) is 10.8. The summed E-state index contributed by atoms with van der Waals surface area (Å²) in [6, 6.07) is 12.0. The van der Waals surface area contributed by atoms with Gasteiger partial charge in [0.25, 0.3) is 0 Å². The molecule has 2 rings (SSSR count). The van der Waals surface area contributed by atoms with Crippen molar-refractivity contribution in [1.82, 2.24) is 0 Å². The van der Waals surface area contributed by atoms with Gasteiger partial charge in [-0.15, -0.1) is 0 Å². The molecule has 2 nitrogen and oxygen atoms in total. The first-order valence-corrected chi connectivity index (χ1v) is 7.10. The van der Waals surface area contributed by atoms with Crippen LogP contribution in [-0.4, -0.2) is 7.11 Å². The van der Waals surface area contributed by atoms with Gasteiger partial charge < -0.3 is 10.1 Å². The highest BCUT2D eigenvalue weighted by Gasteiger charge is 2.07. The zero-order valence-corrected chi connectivity index (χ0v) is 13.2. The lowest BCUT2D eigenvalue weighted by Gasteiger charge is -2.13. The number of hydrogen-bond acceptors (Lipinski definition) is 2. The summed E-state index contributed by atoms with van der Waals surface area (Å²) >= 11 is 9.63. The molecule has 1 N–H and O–H groups in total. The third kappa shape index (κ3) is 3.43. The van der Waals surface area contributed by atoms with Gasteiger partial charge in [0.1, 0.15) is 5.75 Å². The maximum absolute atomic E-state index is 6.09. The SMILES string of the molecule is COc1cc(Cl)c(C)cc1NCc1ccccc1Br. The number of halogens is 2. The fourth-order valence-electron chi connectivity index (χ4n) is 1.80. The summed E-state index contributed by atoms with van der Waals surface area (Å²) in [5.41, 5.74) is 3.16. The third-order valence-corrected chi connectivity index (χ3v) is 4.09. The number of hydrogen-bond donors (Lipinski definition) is 1. The predicted molar refractivity (Wildman–Crippen MR) is 84.2 cm³/mol. The molecule has 0 aliphatic carbocycles. The first-order valence-electron chi connectivity index (χ1n) is 5.93. The van der Waals surface area contributed by atoms with E-state index in [1.807, 2.05) is 37.3 Å². The Hall–Kier alpha value is -1.19. The predicted octanol–water partition coefficient (Wildman–Crippen LogP) is 5.03. The van der Waals surface area contributed by atoms with E-state index in [0.29, 0.717) is 5.02 Å². The van der Waals surface area contributed by atoms with Gasteiger partial charge in [-0.25, -0.2) is 0 Å². The average molecular weight is 341 g/mol. The van der Waals surface area contributed by atoms with E-state index in [0.717, 1.165) is 28.0 Å². The van der Waals surface area contributed by atoms with Gasteiger partial charge in [0.05, 0.1) is 12.8 Å². The highest BCUT2D eigenvalue weighted by Crippen LogP contribution is 2.31. The van der Waals surface area contributed by atoms with Crippen molar-refractivity contribution in [2.75, 3.05) is 12.4 Å². The topological polar surface area (TPSA) is 21.3 Å². The van der Waals surface area contributed by atoms with Crippen LogP contribution in [0, 0.1) is 6.92 Å². The Kier molecular flexibility index (Phi) is 4.72. The van der Waals surface area contributed by atoms with Crippen LogP contribution in [0.5, 0.6) is 5.75 Å². The fourth-order valence-corrected chi connectivity index (χ4v) is 2.38. The normalized spacial score (nSPS) is 10.3. The molecule has 0 radical (unpaired) electrons. The van der Waals surface area contributed by atoms with Crippen LogP contribution in [0.1, 0.15) is 11.1 Å². The van der Waals surface area contributed by atoms with Gasteiger partial charge in [-0.2, -0.15) is 0 Å². The van der Waals surface area contributed by atoms with Crippen molar-refractivity contribution < 1.29 is 4.74 Å². The molecule has 0 unspecified atom stereocenters. The Balaban J connectivity index is 2.20. The second-order valence-corrected chi connectivity index (χ2v) is 5.51. The summed E-state index contributed by atoms with van der Waals surface area (Å²) in [5.74, 6) is 0.752. The molecule has 100 valence electrons. The maximum Gasteiger partial charge on any atom is 0.143 e. The van der Waals surface area contributed by atoms with Crippen LogP contribution < -0.4 is 10.1 Å². The first-order chi connectivity index (χ1) is 9.11. The van der Waals surface area contributed by atoms with Crippen molar-refractivity contribution in [1.29, 1.82) is 0 Å². The van der Waals surface area contributed by atoms with Gasteiger partial charge in [-0.1, -0.05) is 45.7 Å². The minimum atomic E-state index is 0.711. The summed E-state index contributed by atoms with van der Waals surface area (Å²) in [5, 5.41) is 4.09. The molecule has 4 heteroatoms. The Bertz CT molecular complexity index is 586. The van der Waals surface area contributed by atoms with Gasteiger partial charge in [-0.05, 0) is 30.2 Å². The van der Waals surface area contributed by atoms with Crippen molar-refractivity contribution in [3.05, 3.63) is 57.0 Å². The molecule has 0 atom stereocenters. The molecule has 0 fully saturated rings. The molecule has 19 heavy (non-hydrogen) atoms. The van der Waals surface area contributed by atoms with Crippen molar-refractivity contribution >= 4 is 33.2 Å². The number of benzene rings is 2. The standard InChI is InChI=1S/C15H15BrClNO/c1-10-7-14(15(19-2)8-13(10)17)18-9-11-5-3-4-6-12(11)16/h3-8,18H,9H2,1-2H3. The van der Waals surface area contributed by atoms with Gasteiger partial charge in [0.2, 0.25) is 0 Å². The molecule has 0 heterocycles. The van der Waals surface area contributed by atoms with Gasteiger partial charge in [0, 0.05) is 22.1 Å². The molecule has 0 saturated heterocycles. The zero-order chi connectivity index (χ0) is 13.8. The summed E-state index contributed by atoms with van der Waals surface area (Å²) < 4.78 is 6.43. The summed E-state index contributed by atoms with van der Waals surface area (Å²) in [6.45, 7) is 2.70. The third-order valence-electron chi connectivity index (χ3n) is 2.91. The van der Waals surface area contributed by atoms with Crippen LogP contribution in [0.25, 0.3) is 0 Å². The first kappa shape index (κ1) is 14.2. The highest BCUT2D eigenvalue weighted by molar-refractivity contribution is 9.10. The van der Waals surface area contributed by atoms with Crippen LogP contribution in [0.4, 0.5) is 5.69 Å². The number of nitrogens with one attached hydrogen (secondary N) is 1. The van der Waals surface area contributed by atoms with Crippen LogP contribution in [0.15, 0.2) is 40.9 Å². The maximum atomic E-state index is 6.09. The molecule has 0 amide bonds. The molecule has 0 bridgehead atoms. The highest BCUT2D eigenvalue weighted by atomic mass is 79.9. The number of aryl methyl sites for hydroxylation is 1. The Morgan fingerprint density at radius 1 is 1.26 bits per heavy atom. The number of methoxy groups -OCH3 is 1. The van der Waals surface area contributed by atoms with E-state index < -0.39 is 0 Å². The van der Waals surface area contributed by atoms with Gasteiger partial charge >= 0.3 is 0 Å². The van der Waals surface area contributed by atoms with E-state index in [2.05, 4.69) is 27.3 Å². The van der Waals surface area contributed by atoms with E-state index in [1.165, 1.54) is 5.56 Å². The lowest BCUT2D eigenvalue weighted by atomic mass is 10.2. The van der Waals surface area contributed by atoms with Crippen molar-refractivity contribution in [3.63, 3.8) is 0 Å². The minimum Gasteiger partial charge on any atom is -0.495 e. The molecule has 0 saturated carbocycles. The Morgan fingerprint density at radius 2 is 2.00 bits per heavy atom. The average Bonchev–Trinajstić information content (AvgIpc) is 2.41. The second-order valence-electron chi connectivity index (χ2n) is 4.25. The van der Waals surface area contributed by atoms with Gasteiger partial charge in [0.15, 0.2) is 0 Å². The summed E-state index contributed by atoms with van der Waals surface area (Å²) in [6.07, 6.45) is 0. The quantitative estimate of drug-likeness (QED) is 0.842. The van der Waals surface area contributed by atoms with Crippen LogP contribution in [-0.2, 0) is 6.54 Å². The lowest BCUT2D eigenvalue weighted by molar-refractivity contribution is 0.416. The molecule has 2 aromatic carbocycles. The van der Waals surface area contributed by atoms with E-state index in [9.17, 15) is 0 Å². The molecular weight excluding hydrogens is 326 g/mol. The lowest BCUT2D eigenvalue weighted by Crippen LogP contribution is -2.02. The van der Waals surface area contributed by atoms with E-state index in [-0.39, 0.29) is 0 Å². The molecular formula is C15H15BrClNO. The summed E-state index contributed by atoms with van der Waals surface area (Å²) in [7, 11) is 1.64. The van der Waals surface area contributed by atoms with Crippen LogP contribution >= 0.6 is 27.5 Å². The van der Waals surface area contributed by atoms with Crippen molar-refractivity contribution in [2.45, 2.75) is 13.5 Å². The number of ether oxygens (including phenoxy) is 1.